The van der Waals surface area contributed by atoms with Crippen molar-refractivity contribution in [1.29, 1.82) is 0 Å². The number of nitro groups is 1. The lowest BCUT2D eigenvalue weighted by Crippen LogP contribution is -2.34. The average Bonchev–Trinajstić information content (AvgIpc) is 2.86. The van der Waals surface area contributed by atoms with Gasteiger partial charge in [-0.2, -0.15) is 0 Å². The second-order valence-electron chi connectivity index (χ2n) is 5.41. The fourth-order valence-corrected chi connectivity index (χ4v) is 2.84. The summed E-state index contributed by atoms with van der Waals surface area (Å²) in [5, 5.41) is 20.2. The number of carbonyl (C=O) groups is 1. The Morgan fingerprint density at radius 3 is 2.75 bits per heavy atom. The lowest BCUT2D eigenvalue weighted by Gasteiger charge is -2.30. The molecule has 1 saturated heterocycles. The number of benzene rings is 1. The topological polar surface area (TPSA) is 83.7 Å². The molecule has 1 N–H and O–H groups in total. The van der Waals surface area contributed by atoms with Crippen molar-refractivity contribution in [2.45, 2.75) is 32.7 Å². The first-order valence-corrected chi connectivity index (χ1v) is 6.70. The minimum atomic E-state index is -1.05. The van der Waals surface area contributed by atoms with Crippen LogP contribution in [0.3, 0.4) is 0 Å². The van der Waals surface area contributed by atoms with Crippen LogP contribution in [-0.2, 0) is 0 Å². The molecule has 6 nitrogen and oxygen atoms in total. The first-order chi connectivity index (χ1) is 9.41. The fraction of sp³-hybridized carbons (Fsp3) is 0.500. The van der Waals surface area contributed by atoms with E-state index < -0.39 is 10.9 Å². The van der Waals surface area contributed by atoms with Crippen LogP contribution in [0.25, 0.3) is 0 Å². The van der Waals surface area contributed by atoms with Crippen molar-refractivity contribution in [2.24, 2.45) is 5.92 Å². The minimum Gasteiger partial charge on any atom is -0.478 e. The predicted molar refractivity (Wildman–Crippen MR) is 75.3 cm³/mol. The molecule has 0 aromatic heterocycles. The Hall–Kier alpha value is -2.11. The van der Waals surface area contributed by atoms with E-state index in [0.29, 0.717) is 11.6 Å². The Balaban J connectivity index is 2.49. The molecule has 0 amide bonds. The van der Waals surface area contributed by atoms with Gasteiger partial charge in [-0.1, -0.05) is 13.8 Å². The molecule has 0 saturated carbocycles. The van der Waals surface area contributed by atoms with Crippen LogP contribution in [0.2, 0.25) is 0 Å². The van der Waals surface area contributed by atoms with Crippen LogP contribution in [0.15, 0.2) is 18.2 Å². The van der Waals surface area contributed by atoms with E-state index in [0.717, 1.165) is 19.4 Å². The molecule has 1 fully saturated rings. The molecular formula is C14H18N2O4. The van der Waals surface area contributed by atoms with E-state index in [9.17, 15) is 20.0 Å². The minimum absolute atomic E-state index is 0.0700. The van der Waals surface area contributed by atoms with Gasteiger partial charge in [0.05, 0.1) is 16.2 Å². The number of nitro benzene ring substituents is 1. The normalized spacial score (nSPS) is 18.6. The van der Waals surface area contributed by atoms with E-state index in [1.807, 2.05) is 4.90 Å². The molecular weight excluding hydrogens is 260 g/mol. The van der Waals surface area contributed by atoms with Crippen LogP contribution in [0.1, 0.15) is 37.0 Å². The maximum Gasteiger partial charge on any atom is 0.337 e. The molecule has 6 heteroatoms. The highest BCUT2D eigenvalue weighted by Crippen LogP contribution is 2.34. The molecule has 1 aromatic carbocycles. The highest BCUT2D eigenvalue weighted by molar-refractivity contribution is 5.95. The monoisotopic (exact) mass is 278 g/mol. The van der Waals surface area contributed by atoms with Gasteiger partial charge in [0, 0.05) is 24.7 Å². The Kier molecular flexibility index (Phi) is 3.92. The van der Waals surface area contributed by atoms with Gasteiger partial charge < -0.3 is 10.0 Å². The van der Waals surface area contributed by atoms with Crippen LogP contribution >= 0.6 is 0 Å². The second-order valence-corrected chi connectivity index (χ2v) is 5.41. The van der Waals surface area contributed by atoms with E-state index in [1.165, 1.54) is 18.2 Å². The molecule has 1 aliphatic rings. The first-order valence-electron chi connectivity index (χ1n) is 6.70. The zero-order chi connectivity index (χ0) is 14.9. The molecule has 1 atom stereocenters. The number of hydrogen-bond donors (Lipinski definition) is 1. The number of carboxylic acid groups (broad SMARTS) is 1. The number of rotatable bonds is 4. The Morgan fingerprint density at radius 2 is 2.20 bits per heavy atom. The van der Waals surface area contributed by atoms with Crippen LogP contribution < -0.4 is 4.90 Å². The van der Waals surface area contributed by atoms with Crippen molar-refractivity contribution in [3.05, 3.63) is 33.9 Å². The van der Waals surface area contributed by atoms with Gasteiger partial charge in [-0.15, -0.1) is 0 Å². The molecule has 0 spiro atoms. The molecule has 0 radical (unpaired) electrons. The van der Waals surface area contributed by atoms with Gasteiger partial charge in [-0.25, -0.2) is 4.79 Å². The standard InChI is InChI=1S/C14H18N2O4/c1-9(2)12-4-3-7-15(12)13-8-10(16(19)20)5-6-11(13)14(17)18/h5-6,8-9,12H,3-4,7H2,1-2H3,(H,17,18). The molecule has 108 valence electrons. The summed E-state index contributed by atoms with van der Waals surface area (Å²) >= 11 is 0. The third-order valence-corrected chi connectivity index (χ3v) is 3.80. The zero-order valence-electron chi connectivity index (χ0n) is 11.6. The summed E-state index contributed by atoms with van der Waals surface area (Å²) in [7, 11) is 0. The molecule has 0 aliphatic carbocycles. The van der Waals surface area contributed by atoms with E-state index >= 15 is 0 Å². The number of anilines is 1. The molecule has 20 heavy (non-hydrogen) atoms. The fourth-order valence-electron chi connectivity index (χ4n) is 2.84. The molecule has 0 bridgehead atoms. The van der Waals surface area contributed by atoms with E-state index in [2.05, 4.69) is 13.8 Å². The van der Waals surface area contributed by atoms with Gasteiger partial charge in [-0.05, 0) is 24.8 Å². The summed E-state index contributed by atoms with van der Waals surface area (Å²) in [6, 6.07) is 4.18. The summed E-state index contributed by atoms with van der Waals surface area (Å²) in [6.07, 6.45) is 1.96. The van der Waals surface area contributed by atoms with Crippen LogP contribution in [0.5, 0.6) is 0 Å². The lowest BCUT2D eigenvalue weighted by atomic mass is 10.0. The van der Waals surface area contributed by atoms with Crippen LogP contribution in [0.4, 0.5) is 11.4 Å². The van der Waals surface area contributed by atoms with Crippen LogP contribution in [-0.4, -0.2) is 28.6 Å². The smallest absolute Gasteiger partial charge is 0.337 e. The number of non-ortho nitro benzene ring substituents is 1. The quantitative estimate of drug-likeness (QED) is 0.676. The maximum absolute atomic E-state index is 11.3. The van der Waals surface area contributed by atoms with Crippen molar-refractivity contribution in [3.63, 3.8) is 0 Å². The summed E-state index contributed by atoms with van der Waals surface area (Å²) in [5.74, 6) is -0.678. The van der Waals surface area contributed by atoms with E-state index in [-0.39, 0.29) is 17.3 Å². The third-order valence-electron chi connectivity index (χ3n) is 3.80. The van der Waals surface area contributed by atoms with Crippen molar-refractivity contribution >= 4 is 17.3 Å². The number of carboxylic acids is 1. The number of nitrogens with zero attached hydrogens (tertiary/aromatic N) is 2. The molecule has 1 heterocycles. The first kappa shape index (κ1) is 14.3. The van der Waals surface area contributed by atoms with Gasteiger partial charge in [0.25, 0.3) is 5.69 Å². The molecule has 1 aliphatic heterocycles. The van der Waals surface area contributed by atoms with Gasteiger partial charge in [0.1, 0.15) is 0 Å². The lowest BCUT2D eigenvalue weighted by molar-refractivity contribution is -0.384. The Labute approximate surface area is 117 Å². The largest absolute Gasteiger partial charge is 0.478 e. The molecule has 2 rings (SSSR count). The van der Waals surface area contributed by atoms with E-state index in [4.69, 9.17) is 0 Å². The maximum atomic E-state index is 11.3. The summed E-state index contributed by atoms with van der Waals surface area (Å²) in [5.41, 5.74) is 0.519. The van der Waals surface area contributed by atoms with Gasteiger partial charge >= 0.3 is 5.97 Å². The second kappa shape index (κ2) is 5.48. The highest BCUT2D eigenvalue weighted by atomic mass is 16.6. The SMILES string of the molecule is CC(C)C1CCCN1c1cc([N+](=O)[O-])ccc1C(=O)O. The number of aromatic carboxylic acids is 1. The van der Waals surface area contributed by atoms with Crippen molar-refractivity contribution in [1.82, 2.24) is 0 Å². The van der Waals surface area contributed by atoms with E-state index in [1.54, 1.807) is 0 Å². The van der Waals surface area contributed by atoms with Gasteiger partial charge in [-0.3, -0.25) is 10.1 Å². The van der Waals surface area contributed by atoms with Crippen molar-refractivity contribution < 1.29 is 14.8 Å². The Morgan fingerprint density at radius 1 is 1.50 bits per heavy atom. The summed E-state index contributed by atoms with van der Waals surface area (Å²) < 4.78 is 0. The van der Waals surface area contributed by atoms with Gasteiger partial charge in [0.15, 0.2) is 0 Å². The molecule has 1 aromatic rings. The summed E-state index contributed by atoms with van der Waals surface area (Å²) in [4.78, 5) is 23.8. The highest BCUT2D eigenvalue weighted by Gasteiger charge is 2.30. The molecule has 1 unspecified atom stereocenters. The summed E-state index contributed by atoms with van der Waals surface area (Å²) in [6.45, 7) is 4.91. The predicted octanol–water partition coefficient (Wildman–Crippen LogP) is 2.92. The van der Waals surface area contributed by atoms with Crippen molar-refractivity contribution in [3.8, 4) is 0 Å². The van der Waals surface area contributed by atoms with Gasteiger partial charge in [0.2, 0.25) is 0 Å². The van der Waals surface area contributed by atoms with Crippen molar-refractivity contribution in [2.75, 3.05) is 11.4 Å². The van der Waals surface area contributed by atoms with Crippen LogP contribution in [0, 0.1) is 16.0 Å². The Bertz CT molecular complexity index is 542. The zero-order valence-corrected chi connectivity index (χ0v) is 11.6. The number of hydrogen-bond acceptors (Lipinski definition) is 4. The third kappa shape index (κ3) is 2.59. The average molecular weight is 278 g/mol.